The van der Waals surface area contributed by atoms with Crippen molar-refractivity contribution in [1.29, 1.82) is 0 Å². The van der Waals surface area contributed by atoms with Crippen LogP contribution in [-0.4, -0.2) is 77.2 Å². The molecule has 6 rings (SSSR count). The predicted molar refractivity (Wildman–Crippen MR) is 201 cm³/mol. The molecule has 0 N–H and O–H groups in total. The summed E-state index contributed by atoms with van der Waals surface area (Å²) in [7, 11) is 0. The zero-order valence-electron chi connectivity index (χ0n) is 31.1. The first-order chi connectivity index (χ1) is 26.8. The minimum absolute atomic E-state index is 0.299. The van der Waals surface area contributed by atoms with E-state index in [4.69, 9.17) is 0 Å². The van der Waals surface area contributed by atoms with E-state index in [0.29, 0.717) is 45.2 Å². The van der Waals surface area contributed by atoms with Gasteiger partial charge in [0.2, 0.25) is 35.4 Å². The minimum Gasteiger partial charge on any atom is -0.273 e. The number of hydrogen-bond donors (Lipinski definition) is 0. The third-order valence-electron chi connectivity index (χ3n) is 7.67. The maximum Gasteiger partial charge on any atom is 0.359 e. The van der Waals surface area contributed by atoms with Crippen LogP contribution in [0.15, 0.2) is 120 Å². The average Bonchev–Trinajstić information content (AvgIpc) is 3.71. The number of carbonyl (C=O) groups is 6. The van der Waals surface area contributed by atoms with Gasteiger partial charge in [0.05, 0.1) is 17.1 Å². The highest BCUT2D eigenvalue weighted by Gasteiger charge is 2.24. The standard InChI is InChI=1S/3C12H11N3O4/c3*1-8(16)14-11(18)13(10-6-4-3-5-7-10)12(19)15(14)9(2)17/h3*3-7H,1-2H3. The van der Waals surface area contributed by atoms with E-state index in [2.05, 4.69) is 0 Å². The Kier molecular flexibility index (Phi) is 12.4. The Morgan fingerprint density at radius 1 is 0.281 bits per heavy atom. The van der Waals surface area contributed by atoms with Crippen LogP contribution in [0, 0.1) is 0 Å². The van der Waals surface area contributed by atoms with Gasteiger partial charge in [-0.3, -0.25) is 28.8 Å². The summed E-state index contributed by atoms with van der Waals surface area (Å²) in [5.41, 5.74) is -4.28. The van der Waals surface area contributed by atoms with E-state index in [1.807, 2.05) is 0 Å². The molecule has 0 amide bonds. The summed E-state index contributed by atoms with van der Waals surface area (Å²) < 4.78 is 5.49. The van der Waals surface area contributed by atoms with Crippen molar-refractivity contribution in [2.75, 3.05) is 0 Å². The molecule has 21 nitrogen and oxygen atoms in total. The van der Waals surface area contributed by atoms with Gasteiger partial charge in [0, 0.05) is 41.5 Å². The highest BCUT2D eigenvalue weighted by atomic mass is 16.2. The van der Waals surface area contributed by atoms with E-state index in [1.165, 1.54) is 36.4 Å². The SMILES string of the molecule is CC(=O)n1c(=O)n(-c2ccccc2)c(=O)n1C(C)=O.CC(=O)n1c(=O)n(-c2ccccc2)c(=O)n1C(C)=O.CC(=O)n1c(=O)n(-c2ccccc2)c(=O)n1C(C)=O. The molecule has 0 aliphatic rings. The molecular formula is C36H33N9O12. The Balaban J connectivity index is 0.000000189. The van der Waals surface area contributed by atoms with Crippen molar-refractivity contribution in [3.05, 3.63) is 154 Å². The van der Waals surface area contributed by atoms with E-state index < -0.39 is 69.6 Å². The van der Waals surface area contributed by atoms with Gasteiger partial charge in [-0.1, -0.05) is 54.6 Å². The second-order valence-corrected chi connectivity index (χ2v) is 11.7. The van der Waals surface area contributed by atoms with E-state index >= 15 is 0 Å². The molecule has 0 aliphatic carbocycles. The van der Waals surface area contributed by atoms with Gasteiger partial charge in [-0.15, -0.1) is 0 Å². The average molecular weight is 784 g/mol. The van der Waals surface area contributed by atoms with Gasteiger partial charge >= 0.3 is 34.1 Å². The van der Waals surface area contributed by atoms with Crippen molar-refractivity contribution in [2.24, 2.45) is 0 Å². The molecule has 21 heteroatoms. The first-order valence-electron chi connectivity index (χ1n) is 16.5. The molecule has 0 atom stereocenters. The van der Waals surface area contributed by atoms with Crippen molar-refractivity contribution < 1.29 is 28.8 Å². The molecule has 3 aromatic heterocycles. The van der Waals surface area contributed by atoms with E-state index in [9.17, 15) is 57.5 Å². The monoisotopic (exact) mass is 783 g/mol. The molecule has 0 bridgehead atoms. The Bertz CT molecular complexity index is 2480. The first-order valence-corrected chi connectivity index (χ1v) is 16.5. The van der Waals surface area contributed by atoms with Crippen molar-refractivity contribution in [3.8, 4) is 17.1 Å². The Hall–Kier alpha value is -8.10. The number of benzene rings is 3. The fourth-order valence-corrected chi connectivity index (χ4v) is 5.37. The van der Waals surface area contributed by atoms with Crippen molar-refractivity contribution in [2.45, 2.75) is 41.5 Å². The van der Waals surface area contributed by atoms with Crippen LogP contribution in [0.25, 0.3) is 17.1 Å². The molecule has 0 unspecified atom stereocenters. The summed E-state index contributed by atoms with van der Waals surface area (Å²) in [6, 6.07) is 24.3. The quantitative estimate of drug-likeness (QED) is 0.236. The summed E-state index contributed by atoms with van der Waals surface area (Å²) >= 11 is 0. The Morgan fingerprint density at radius 3 is 0.544 bits per heavy atom. The molecule has 57 heavy (non-hydrogen) atoms. The lowest BCUT2D eigenvalue weighted by Crippen LogP contribution is -2.33. The lowest BCUT2D eigenvalue weighted by Gasteiger charge is -1.99. The molecule has 0 spiro atoms. The maximum absolute atomic E-state index is 12.1. The zero-order chi connectivity index (χ0) is 42.5. The van der Waals surface area contributed by atoms with Gasteiger partial charge in [-0.25, -0.2) is 42.5 Å². The third kappa shape index (κ3) is 8.06. The molecule has 0 saturated carbocycles. The van der Waals surface area contributed by atoms with Crippen molar-refractivity contribution in [3.63, 3.8) is 0 Å². The smallest absolute Gasteiger partial charge is 0.273 e. The van der Waals surface area contributed by atoms with E-state index in [0.717, 1.165) is 55.2 Å². The number of rotatable bonds is 3. The zero-order valence-corrected chi connectivity index (χ0v) is 31.1. The Labute approximate surface area is 318 Å². The predicted octanol–water partition coefficient (Wildman–Crippen LogP) is 0.363. The number of carbonyl (C=O) groups excluding carboxylic acids is 6. The largest absolute Gasteiger partial charge is 0.359 e. The van der Waals surface area contributed by atoms with Gasteiger partial charge < -0.3 is 0 Å². The number of nitrogens with zero attached hydrogens (tertiary/aromatic N) is 9. The van der Waals surface area contributed by atoms with Crippen molar-refractivity contribution >= 4 is 35.4 Å². The molecular weight excluding hydrogens is 750 g/mol. The highest BCUT2D eigenvalue weighted by molar-refractivity contribution is 5.83. The summed E-state index contributed by atoms with van der Waals surface area (Å²) in [4.78, 5) is 141. The fraction of sp³-hybridized carbons (Fsp3) is 0.167. The second kappa shape index (κ2) is 16.9. The summed E-state index contributed by atoms with van der Waals surface area (Å²) in [5.74, 6) is -4.21. The fourth-order valence-electron chi connectivity index (χ4n) is 5.37. The van der Waals surface area contributed by atoms with Crippen LogP contribution in [0.3, 0.4) is 0 Å². The van der Waals surface area contributed by atoms with Crippen LogP contribution in [0.4, 0.5) is 0 Å². The van der Waals surface area contributed by atoms with Gasteiger partial charge in [0.25, 0.3) is 0 Å². The van der Waals surface area contributed by atoms with Gasteiger partial charge in [0.15, 0.2) is 0 Å². The van der Waals surface area contributed by atoms with Crippen LogP contribution in [0.5, 0.6) is 0 Å². The Morgan fingerprint density at radius 2 is 0.421 bits per heavy atom. The molecule has 0 radical (unpaired) electrons. The van der Waals surface area contributed by atoms with Crippen LogP contribution < -0.4 is 34.1 Å². The lowest BCUT2D eigenvalue weighted by atomic mass is 10.3. The van der Waals surface area contributed by atoms with Crippen LogP contribution in [0.1, 0.15) is 70.3 Å². The lowest BCUT2D eigenvalue weighted by molar-refractivity contribution is 0.0814. The van der Waals surface area contributed by atoms with Crippen LogP contribution >= 0.6 is 0 Å². The molecule has 3 heterocycles. The van der Waals surface area contributed by atoms with E-state index in [-0.39, 0.29) is 0 Å². The number of aromatic nitrogens is 9. The topological polar surface area (TPSA) is 249 Å². The van der Waals surface area contributed by atoms with Gasteiger partial charge in [-0.05, 0) is 36.4 Å². The van der Waals surface area contributed by atoms with E-state index in [1.54, 1.807) is 54.6 Å². The van der Waals surface area contributed by atoms with Crippen LogP contribution in [-0.2, 0) is 0 Å². The molecule has 0 aliphatic heterocycles. The number of hydrogen-bond acceptors (Lipinski definition) is 12. The number of para-hydroxylation sites is 3. The molecule has 0 saturated heterocycles. The van der Waals surface area contributed by atoms with Crippen molar-refractivity contribution in [1.82, 2.24) is 41.8 Å². The highest BCUT2D eigenvalue weighted by Crippen LogP contribution is 2.03. The summed E-state index contributed by atoms with van der Waals surface area (Å²) in [6.45, 7) is 6.64. The first kappa shape index (κ1) is 41.7. The second-order valence-electron chi connectivity index (χ2n) is 11.7. The van der Waals surface area contributed by atoms with Crippen LogP contribution in [0.2, 0.25) is 0 Å². The molecule has 0 fully saturated rings. The summed E-state index contributed by atoms with van der Waals surface area (Å²) in [6.07, 6.45) is 0. The molecule has 6 aromatic rings. The minimum atomic E-state index is -0.862. The third-order valence-corrected chi connectivity index (χ3v) is 7.67. The summed E-state index contributed by atoms with van der Waals surface area (Å²) in [5, 5.41) is 0. The normalized spacial score (nSPS) is 10.4. The molecule has 3 aromatic carbocycles. The van der Waals surface area contributed by atoms with Gasteiger partial charge in [-0.2, -0.15) is 28.1 Å². The van der Waals surface area contributed by atoms with Gasteiger partial charge in [0.1, 0.15) is 0 Å². The maximum atomic E-state index is 12.1. The molecule has 294 valence electrons.